The van der Waals surface area contributed by atoms with E-state index in [1.165, 1.54) is 32.4 Å². The maximum atomic E-state index is 13.3. The molecule has 1 heterocycles. The molecule has 164 valence electrons. The van der Waals surface area contributed by atoms with Gasteiger partial charge in [0.15, 0.2) is 5.11 Å². The molecule has 3 N–H and O–H groups in total. The number of rotatable bonds is 5. The van der Waals surface area contributed by atoms with E-state index in [2.05, 4.69) is 16.0 Å². The third kappa shape index (κ3) is 4.74. The minimum atomic E-state index is -4.61. The Morgan fingerprint density at radius 1 is 1.13 bits per heavy atom. The highest BCUT2D eigenvalue weighted by atomic mass is 32.1. The summed E-state index contributed by atoms with van der Waals surface area (Å²) in [6, 6.07) is 9.07. The van der Waals surface area contributed by atoms with Crippen LogP contribution >= 0.6 is 12.2 Å². The smallest absolute Gasteiger partial charge is 0.418 e. The molecule has 1 aliphatic rings. The zero-order valence-electron chi connectivity index (χ0n) is 16.9. The number of anilines is 1. The van der Waals surface area contributed by atoms with Crippen molar-refractivity contribution < 1.29 is 27.4 Å². The van der Waals surface area contributed by atoms with E-state index in [1.54, 1.807) is 25.1 Å². The van der Waals surface area contributed by atoms with Gasteiger partial charge >= 0.3 is 6.18 Å². The van der Waals surface area contributed by atoms with Crippen molar-refractivity contribution >= 4 is 28.9 Å². The largest absolute Gasteiger partial charge is 0.497 e. The number of thiocarbonyl (C=S) groups is 1. The van der Waals surface area contributed by atoms with Gasteiger partial charge < -0.3 is 25.4 Å². The first-order valence-corrected chi connectivity index (χ1v) is 9.54. The van der Waals surface area contributed by atoms with Gasteiger partial charge in [-0.05, 0) is 43.4 Å². The first-order valence-electron chi connectivity index (χ1n) is 9.13. The fourth-order valence-corrected chi connectivity index (χ4v) is 3.58. The summed E-state index contributed by atoms with van der Waals surface area (Å²) in [6.07, 6.45) is -4.61. The summed E-state index contributed by atoms with van der Waals surface area (Å²) in [5.41, 5.74) is -0.121. The molecule has 0 spiro atoms. The van der Waals surface area contributed by atoms with E-state index in [0.29, 0.717) is 22.8 Å². The van der Waals surface area contributed by atoms with Crippen LogP contribution in [0.3, 0.4) is 0 Å². The maximum Gasteiger partial charge on any atom is 0.418 e. The molecule has 0 saturated carbocycles. The van der Waals surface area contributed by atoms with Gasteiger partial charge in [0.25, 0.3) is 5.91 Å². The van der Waals surface area contributed by atoms with Crippen molar-refractivity contribution in [3.8, 4) is 11.5 Å². The maximum absolute atomic E-state index is 13.3. The van der Waals surface area contributed by atoms with Gasteiger partial charge in [-0.1, -0.05) is 12.1 Å². The van der Waals surface area contributed by atoms with E-state index in [1.807, 2.05) is 0 Å². The molecule has 10 heteroatoms. The van der Waals surface area contributed by atoms with Crippen molar-refractivity contribution in [3.63, 3.8) is 0 Å². The highest BCUT2D eigenvalue weighted by molar-refractivity contribution is 7.80. The van der Waals surface area contributed by atoms with Crippen LogP contribution in [-0.4, -0.2) is 25.2 Å². The van der Waals surface area contributed by atoms with Crippen LogP contribution in [-0.2, 0) is 11.0 Å². The first-order chi connectivity index (χ1) is 14.7. The molecule has 31 heavy (non-hydrogen) atoms. The summed E-state index contributed by atoms with van der Waals surface area (Å²) in [5.74, 6) is 0.262. The Labute approximate surface area is 182 Å². The van der Waals surface area contributed by atoms with Crippen molar-refractivity contribution in [2.24, 2.45) is 0 Å². The monoisotopic (exact) mass is 451 g/mol. The molecular formula is C21H20F3N3O3S. The predicted molar refractivity (Wildman–Crippen MR) is 114 cm³/mol. The number of alkyl halides is 3. The van der Waals surface area contributed by atoms with Crippen LogP contribution in [0.1, 0.15) is 24.1 Å². The molecule has 0 aliphatic carbocycles. The molecule has 0 fully saturated rings. The SMILES string of the molecule is COc1ccc([C@@H]2NC(=S)NC(C)=C2C(=O)Nc2ccccc2C(F)(F)F)c(OC)c1. The van der Waals surface area contributed by atoms with Crippen LogP contribution in [0.2, 0.25) is 0 Å². The lowest BCUT2D eigenvalue weighted by molar-refractivity contribution is -0.137. The van der Waals surface area contributed by atoms with Crippen molar-refractivity contribution in [1.29, 1.82) is 0 Å². The van der Waals surface area contributed by atoms with E-state index in [9.17, 15) is 18.0 Å². The lowest BCUT2D eigenvalue weighted by atomic mass is 9.94. The summed E-state index contributed by atoms with van der Waals surface area (Å²) in [4.78, 5) is 13.1. The average molecular weight is 451 g/mol. The van der Waals surface area contributed by atoms with E-state index >= 15 is 0 Å². The van der Waals surface area contributed by atoms with E-state index in [0.717, 1.165) is 6.07 Å². The molecular weight excluding hydrogens is 431 g/mol. The number of carbonyl (C=O) groups is 1. The second kappa shape index (κ2) is 8.84. The summed E-state index contributed by atoms with van der Waals surface area (Å²) in [7, 11) is 2.97. The molecule has 0 bridgehead atoms. The fourth-order valence-electron chi connectivity index (χ4n) is 3.31. The van der Waals surface area contributed by atoms with Crippen molar-refractivity contribution in [1.82, 2.24) is 10.6 Å². The fraction of sp³-hybridized carbons (Fsp3) is 0.238. The van der Waals surface area contributed by atoms with Crippen LogP contribution in [0.5, 0.6) is 11.5 Å². The van der Waals surface area contributed by atoms with Crippen LogP contribution in [0, 0.1) is 0 Å². The molecule has 3 rings (SSSR count). The second-order valence-electron chi connectivity index (χ2n) is 6.68. The highest BCUT2D eigenvalue weighted by Gasteiger charge is 2.36. The molecule has 1 aliphatic heterocycles. The number of amides is 1. The van der Waals surface area contributed by atoms with E-state index < -0.39 is 23.7 Å². The van der Waals surface area contributed by atoms with Crippen LogP contribution in [0.4, 0.5) is 18.9 Å². The Kier molecular flexibility index (Phi) is 6.40. The third-order valence-electron chi connectivity index (χ3n) is 4.75. The minimum absolute atomic E-state index is 0.175. The molecule has 0 radical (unpaired) electrons. The Morgan fingerprint density at radius 3 is 2.48 bits per heavy atom. The zero-order chi connectivity index (χ0) is 22.8. The number of allylic oxidation sites excluding steroid dienone is 1. The molecule has 1 amide bonds. The molecule has 2 aromatic carbocycles. The van der Waals surface area contributed by atoms with Gasteiger partial charge in [0.1, 0.15) is 11.5 Å². The predicted octanol–water partition coefficient (Wildman–Crippen LogP) is 4.15. The first kappa shape index (κ1) is 22.4. The van der Waals surface area contributed by atoms with Crippen molar-refractivity contribution in [2.45, 2.75) is 19.1 Å². The number of carbonyl (C=O) groups excluding carboxylic acids is 1. The summed E-state index contributed by atoms with van der Waals surface area (Å²) in [6.45, 7) is 1.63. The Morgan fingerprint density at radius 2 is 1.84 bits per heavy atom. The Hall–Kier alpha value is -3.27. The van der Waals surface area contributed by atoms with Gasteiger partial charge in [0, 0.05) is 17.3 Å². The third-order valence-corrected chi connectivity index (χ3v) is 4.97. The highest BCUT2D eigenvalue weighted by Crippen LogP contribution is 2.38. The Bertz CT molecular complexity index is 1050. The quantitative estimate of drug-likeness (QED) is 0.594. The molecule has 2 aromatic rings. The lowest BCUT2D eigenvalue weighted by Crippen LogP contribution is -2.46. The van der Waals surface area contributed by atoms with Crippen LogP contribution in [0.25, 0.3) is 0 Å². The standard InChI is InChI=1S/C21H20F3N3O3S/c1-11-17(19(28)26-15-7-5-4-6-14(15)21(22,23)24)18(27-20(31)25-11)13-9-8-12(29-2)10-16(13)30-3/h4-10,18H,1-3H3,(H,26,28)(H2,25,27,31)/t18-/m0/s1. The van der Waals surface area contributed by atoms with E-state index in [4.69, 9.17) is 21.7 Å². The number of benzene rings is 2. The van der Waals surface area contributed by atoms with Gasteiger partial charge in [-0.3, -0.25) is 4.79 Å². The average Bonchev–Trinajstić information content (AvgIpc) is 2.72. The number of methoxy groups -OCH3 is 2. The topological polar surface area (TPSA) is 71.6 Å². The number of halogens is 3. The summed E-state index contributed by atoms with van der Waals surface area (Å²) in [5, 5.41) is 8.50. The number of hydrogen-bond donors (Lipinski definition) is 3. The van der Waals surface area contributed by atoms with Crippen LogP contribution < -0.4 is 25.4 Å². The number of hydrogen-bond acceptors (Lipinski definition) is 4. The van der Waals surface area contributed by atoms with Gasteiger partial charge in [0.05, 0.1) is 37.1 Å². The van der Waals surface area contributed by atoms with E-state index in [-0.39, 0.29) is 16.4 Å². The van der Waals surface area contributed by atoms with Crippen LogP contribution in [0.15, 0.2) is 53.7 Å². The number of ether oxygens (including phenoxy) is 2. The molecule has 6 nitrogen and oxygen atoms in total. The van der Waals surface area contributed by atoms with Crippen molar-refractivity contribution in [3.05, 3.63) is 64.9 Å². The number of para-hydroxylation sites is 1. The van der Waals surface area contributed by atoms with Gasteiger partial charge in [-0.25, -0.2) is 0 Å². The Balaban J connectivity index is 2.03. The van der Waals surface area contributed by atoms with Gasteiger partial charge in [-0.2, -0.15) is 13.2 Å². The summed E-state index contributed by atoms with van der Waals surface area (Å²) < 4.78 is 50.7. The van der Waals surface area contributed by atoms with Gasteiger partial charge in [0.2, 0.25) is 0 Å². The second-order valence-corrected chi connectivity index (χ2v) is 7.08. The molecule has 0 unspecified atom stereocenters. The molecule has 0 aromatic heterocycles. The zero-order valence-corrected chi connectivity index (χ0v) is 17.7. The molecule has 1 atom stereocenters. The summed E-state index contributed by atoms with van der Waals surface area (Å²) >= 11 is 5.22. The van der Waals surface area contributed by atoms with Crippen molar-refractivity contribution in [2.75, 3.05) is 19.5 Å². The lowest BCUT2D eigenvalue weighted by Gasteiger charge is -2.31. The normalized spacial score (nSPS) is 16.3. The van der Waals surface area contributed by atoms with Gasteiger partial charge in [-0.15, -0.1) is 0 Å². The number of nitrogens with one attached hydrogen (secondary N) is 3. The minimum Gasteiger partial charge on any atom is -0.497 e. The molecule has 0 saturated heterocycles.